The van der Waals surface area contributed by atoms with E-state index in [9.17, 15) is 0 Å². The zero-order chi connectivity index (χ0) is 9.10. The van der Waals surface area contributed by atoms with E-state index in [-0.39, 0.29) is 0 Å². The van der Waals surface area contributed by atoms with E-state index in [1.807, 2.05) is 12.3 Å². The Bertz CT molecular complexity index is 267. The van der Waals surface area contributed by atoms with Crippen molar-refractivity contribution in [3.63, 3.8) is 0 Å². The highest BCUT2D eigenvalue weighted by molar-refractivity contribution is 7.98. The van der Waals surface area contributed by atoms with Crippen LogP contribution in [0, 0.1) is 0 Å². The molecular formula is C9H13N3S. The zero-order valence-electron chi connectivity index (χ0n) is 7.73. The first-order valence-electron chi connectivity index (χ1n) is 4.53. The number of anilines is 1. The first-order valence-corrected chi connectivity index (χ1v) is 5.75. The standard InChI is InChI=1S/C9H13N3S/c1-13-9-5-4-8(10-11-9)12-6-2-3-7-12/h4-5H,2-3,6-7H2,1H3. The average Bonchev–Trinajstić information content (AvgIpc) is 2.71. The Kier molecular flexibility index (Phi) is 2.68. The van der Waals surface area contributed by atoms with E-state index in [0.717, 1.165) is 23.9 Å². The average molecular weight is 195 g/mol. The summed E-state index contributed by atoms with van der Waals surface area (Å²) in [5.41, 5.74) is 0. The van der Waals surface area contributed by atoms with Gasteiger partial charge in [-0.05, 0) is 31.2 Å². The van der Waals surface area contributed by atoms with E-state index >= 15 is 0 Å². The van der Waals surface area contributed by atoms with Gasteiger partial charge in [-0.25, -0.2) is 0 Å². The predicted octanol–water partition coefficient (Wildman–Crippen LogP) is 1.80. The number of hydrogen-bond donors (Lipinski definition) is 0. The molecule has 0 amide bonds. The number of thioether (sulfide) groups is 1. The maximum Gasteiger partial charge on any atom is 0.151 e. The Morgan fingerprint density at radius 3 is 2.54 bits per heavy atom. The molecule has 0 atom stereocenters. The van der Waals surface area contributed by atoms with E-state index < -0.39 is 0 Å². The molecule has 1 saturated heterocycles. The van der Waals surface area contributed by atoms with Gasteiger partial charge in [0.25, 0.3) is 0 Å². The van der Waals surface area contributed by atoms with Crippen LogP contribution in [0.5, 0.6) is 0 Å². The molecule has 1 fully saturated rings. The van der Waals surface area contributed by atoms with Gasteiger partial charge in [0.1, 0.15) is 5.03 Å². The van der Waals surface area contributed by atoms with E-state index in [4.69, 9.17) is 0 Å². The maximum atomic E-state index is 4.19. The summed E-state index contributed by atoms with van der Waals surface area (Å²) in [4.78, 5) is 2.29. The molecule has 1 aromatic heterocycles. The summed E-state index contributed by atoms with van der Waals surface area (Å²) < 4.78 is 0. The normalized spacial score (nSPS) is 16.5. The molecule has 1 aliphatic heterocycles. The first kappa shape index (κ1) is 8.81. The Morgan fingerprint density at radius 2 is 2.00 bits per heavy atom. The number of hydrogen-bond acceptors (Lipinski definition) is 4. The van der Waals surface area contributed by atoms with E-state index in [1.165, 1.54) is 12.8 Å². The molecule has 1 aliphatic rings. The molecular weight excluding hydrogens is 182 g/mol. The highest BCUT2D eigenvalue weighted by Crippen LogP contribution is 2.18. The van der Waals surface area contributed by atoms with Crippen molar-refractivity contribution in [2.75, 3.05) is 24.2 Å². The Labute approximate surface area is 82.5 Å². The molecule has 70 valence electrons. The van der Waals surface area contributed by atoms with Crippen molar-refractivity contribution in [2.45, 2.75) is 17.9 Å². The lowest BCUT2D eigenvalue weighted by atomic mass is 10.4. The minimum absolute atomic E-state index is 0.989. The first-order chi connectivity index (χ1) is 6.40. The fourth-order valence-corrected chi connectivity index (χ4v) is 1.86. The lowest BCUT2D eigenvalue weighted by Crippen LogP contribution is -2.19. The molecule has 0 saturated carbocycles. The molecule has 2 rings (SSSR count). The second kappa shape index (κ2) is 3.96. The maximum absolute atomic E-state index is 4.19. The van der Waals surface area contributed by atoms with Crippen molar-refractivity contribution < 1.29 is 0 Å². The minimum Gasteiger partial charge on any atom is -0.355 e. The van der Waals surface area contributed by atoms with Crippen molar-refractivity contribution in [1.82, 2.24) is 10.2 Å². The van der Waals surface area contributed by atoms with Crippen LogP contribution >= 0.6 is 11.8 Å². The topological polar surface area (TPSA) is 29.0 Å². The summed E-state index contributed by atoms with van der Waals surface area (Å²) >= 11 is 1.63. The molecule has 0 aromatic carbocycles. The monoisotopic (exact) mass is 195 g/mol. The third-order valence-electron chi connectivity index (χ3n) is 2.27. The Morgan fingerprint density at radius 1 is 1.23 bits per heavy atom. The van der Waals surface area contributed by atoms with Gasteiger partial charge in [-0.2, -0.15) is 0 Å². The molecule has 0 unspecified atom stereocenters. The van der Waals surface area contributed by atoms with Crippen LogP contribution in [-0.2, 0) is 0 Å². The lowest BCUT2D eigenvalue weighted by Gasteiger charge is -2.14. The molecule has 0 aliphatic carbocycles. The van der Waals surface area contributed by atoms with E-state index in [2.05, 4.69) is 21.2 Å². The SMILES string of the molecule is CSc1ccc(N2CCCC2)nn1. The number of rotatable bonds is 2. The van der Waals surface area contributed by atoms with Gasteiger partial charge in [0.05, 0.1) is 0 Å². The van der Waals surface area contributed by atoms with Crippen LogP contribution in [0.15, 0.2) is 17.2 Å². The van der Waals surface area contributed by atoms with Gasteiger partial charge in [0.2, 0.25) is 0 Å². The summed E-state index contributed by atoms with van der Waals surface area (Å²) in [6, 6.07) is 4.09. The second-order valence-corrected chi connectivity index (χ2v) is 3.95. The molecule has 0 N–H and O–H groups in total. The summed E-state index contributed by atoms with van der Waals surface area (Å²) in [6.45, 7) is 2.26. The van der Waals surface area contributed by atoms with Crippen molar-refractivity contribution in [3.05, 3.63) is 12.1 Å². The third-order valence-corrected chi connectivity index (χ3v) is 2.90. The molecule has 4 heteroatoms. The molecule has 0 spiro atoms. The predicted molar refractivity (Wildman–Crippen MR) is 55.3 cm³/mol. The van der Waals surface area contributed by atoms with Crippen LogP contribution < -0.4 is 4.90 Å². The van der Waals surface area contributed by atoms with Crippen LogP contribution in [0.25, 0.3) is 0 Å². The second-order valence-electron chi connectivity index (χ2n) is 3.13. The number of nitrogens with zero attached hydrogens (tertiary/aromatic N) is 3. The van der Waals surface area contributed by atoms with Gasteiger partial charge in [0.15, 0.2) is 5.82 Å². The van der Waals surface area contributed by atoms with Crippen LogP contribution in [0.4, 0.5) is 5.82 Å². The van der Waals surface area contributed by atoms with E-state index in [0.29, 0.717) is 0 Å². The van der Waals surface area contributed by atoms with E-state index in [1.54, 1.807) is 11.8 Å². The molecule has 2 heterocycles. The molecule has 13 heavy (non-hydrogen) atoms. The highest BCUT2D eigenvalue weighted by Gasteiger charge is 2.13. The number of aromatic nitrogens is 2. The largest absolute Gasteiger partial charge is 0.355 e. The van der Waals surface area contributed by atoms with Crippen molar-refractivity contribution in [1.29, 1.82) is 0 Å². The van der Waals surface area contributed by atoms with Gasteiger partial charge in [-0.15, -0.1) is 22.0 Å². The quantitative estimate of drug-likeness (QED) is 0.673. The Balaban J connectivity index is 2.12. The van der Waals surface area contributed by atoms with Gasteiger partial charge < -0.3 is 4.90 Å². The fourth-order valence-electron chi connectivity index (χ4n) is 1.54. The molecule has 1 aromatic rings. The highest BCUT2D eigenvalue weighted by atomic mass is 32.2. The zero-order valence-corrected chi connectivity index (χ0v) is 8.55. The molecule has 0 bridgehead atoms. The summed E-state index contributed by atoms with van der Waals surface area (Å²) in [5, 5.41) is 9.29. The third kappa shape index (κ3) is 1.94. The molecule has 0 radical (unpaired) electrons. The lowest BCUT2D eigenvalue weighted by molar-refractivity contribution is 0.858. The van der Waals surface area contributed by atoms with Gasteiger partial charge in [-0.3, -0.25) is 0 Å². The van der Waals surface area contributed by atoms with Gasteiger partial charge >= 0.3 is 0 Å². The van der Waals surface area contributed by atoms with Crippen molar-refractivity contribution in [3.8, 4) is 0 Å². The smallest absolute Gasteiger partial charge is 0.151 e. The summed E-state index contributed by atoms with van der Waals surface area (Å²) in [7, 11) is 0. The van der Waals surface area contributed by atoms with Crippen molar-refractivity contribution >= 4 is 17.6 Å². The van der Waals surface area contributed by atoms with Crippen LogP contribution in [0.1, 0.15) is 12.8 Å². The summed E-state index contributed by atoms with van der Waals surface area (Å²) in [6.07, 6.45) is 4.58. The fraction of sp³-hybridized carbons (Fsp3) is 0.556. The van der Waals surface area contributed by atoms with Gasteiger partial charge in [0, 0.05) is 13.1 Å². The van der Waals surface area contributed by atoms with Gasteiger partial charge in [-0.1, -0.05) is 0 Å². The minimum atomic E-state index is 0.989. The van der Waals surface area contributed by atoms with Crippen LogP contribution in [0.2, 0.25) is 0 Å². The van der Waals surface area contributed by atoms with Crippen LogP contribution in [-0.4, -0.2) is 29.5 Å². The molecule has 3 nitrogen and oxygen atoms in total. The Hall–Kier alpha value is -0.770. The van der Waals surface area contributed by atoms with Crippen LogP contribution in [0.3, 0.4) is 0 Å². The summed E-state index contributed by atoms with van der Waals surface area (Å²) in [5.74, 6) is 1.02. The van der Waals surface area contributed by atoms with Crippen molar-refractivity contribution in [2.24, 2.45) is 0 Å².